The molecule has 0 atom stereocenters. The van der Waals surface area contributed by atoms with Gasteiger partial charge in [0.25, 0.3) is 0 Å². The van der Waals surface area contributed by atoms with E-state index < -0.39 is 33.8 Å². The normalized spacial score (nSPS) is 14.3. The van der Waals surface area contributed by atoms with Gasteiger partial charge in [0.1, 0.15) is 0 Å². The van der Waals surface area contributed by atoms with E-state index in [-0.39, 0.29) is 0 Å². The second kappa shape index (κ2) is 9.45. The molecule has 0 bridgehead atoms. The molecule has 0 aliphatic carbocycles. The van der Waals surface area contributed by atoms with Crippen LogP contribution in [0.1, 0.15) is 40.0 Å². The Kier molecular flexibility index (Phi) is 9.75. The summed E-state index contributed by atoms with van der Waals surface area (Å²) in [6.07, 6.45) is 3.43. The van der Waals surface area contributed by atoms with Crippen molar-refractivity contribution in [1.82, 2.24) is 0 Å². The Labute approximate surface area is 150 Å². The van der Waals surface area contributed by atoms with Crippen LogP contribution in [0.15, 0.2) is 0 Å². The van der Waals surface area contributed by atoms with E-state index in [0.717, 1.165) is 12.5 Å². The van der Waals surface area contributed by atoms with Crippen molar-refractivity contribution in [3.05, 3.63) is 0 Å². The SMILES string of the molecule is CCC[Si](C)(C)O[Si](CCC)(O[Si](C)(C)C)O[Si](C)(C)CCC. The van der Waals surface area contributed by atoms with Gasteiger partial charge in [-0.05, 0) is 57.9 Å². The molecular formula is C16H42O3Si4. The molecule has 0 aromatic carbocycles. The fourth-order valence-electron chi connectivity index (χ4n) is 3.14. The Morgan fingerprint density at radius 1 is 0.522 bits per heavy atom. The van der Waals surface area contributed by atoms with Crippen LogP contribution in [-0.4, -0.2) is 33.8 Å². The van der Waals surface area contributed by atoms with Crippen LogP contribution < -0.4 is 0 Å². The first kappa shape index (κ1) is 23.7. The maximum absolute atomic E-state index is 6.87. The fraction of sp³-hybridized carbons (Fsp3) is 1.00. The first-order chi connectivity index (χ1) is 10.3. The minimum Gasteiger partial charge on any atom is -0.417 e. The molecule has 140 valence electrons. The zero-order valence-corrected chi connectivity index (χ0v) is 21.5. The molecule has 0 saturated heterocycles. The highest BCUT2D eigenvalue weighted by Crippen LogP contribution is 2.32. The summed E-state index contributed by atoms with van der Waals surface area (Å²) in [5, 5.41) is 0. The molecule has 0 spiro atoms. The molecule has 0 aliphatic rings. The van der Waals surface area contributed by atoms with E-state index in [9.17, 15) is 0 Å². The average molecular weight is 395 g/mol. The summed E-state index contributed by atoms with van der Waals surface area (Å²) < 4.78 is 20.5. The largest absolute Gasteiger partial charge is 0.469 e. The molecule has 0 radical (unpaired) electrons. The van der Waals surface area contributed by atoms with Gasteiger partial charge in [0.2, 0.25) is 0 Å². The lowest BCUT2D eigenvalue weighted by Gasteiger charge is -2.44. The molecule has 0 fully saturated rings. The van der Waals surface area contributed by atoms with Crippen LogP contribution in [0.2, 0.25) is 64.0 Å². The van der Waals surface area contributed by atoms with Crippen LogP contribution >= 0.6 is 0 Å². The van der Waals surface area contributed by atoms with Crippen LogP contribution in [0.5, 0.6) is 0 Å². The van der Waals surface area contributed by atoms with Gasteiger partial charge in [-0.25, -0.2) is 0 Å². The van der Waals surface area contributed by atoms with Gasteiger partial charge in [0.05, 0.1) is 0 Å². The predicted molar refractivity (Wildman–Crippen MR) is 113 cm³/mol. The molecule has 0 saturated carbocycles. The quantitative estimate of drug-likeness (QED) is 0.356. The second-order valence-corrected chi connectivity index (χ2v) is 25.4. The first-order valence-electron chi connectivity index (χ1n) is 9.41. The minimum absolute atomic E-state index is 0.970. The molecule has 0 aromatic rings. The number of rotatable bonds is 12. The smallest absolute Gasteiger partial charge is 0.417 e. The van der Waals surface area contributed by atoms with Gasteiger partial charge >= 0.3 is 8.80 Å². The lowest BCUT2D eigenvalue weighted by atomic mass is 10.6. The van der Waals surface area contributed by atoms with Gasteiger partial charge in [-0.15, -0.1) is 0 Å². The highest BCUT2D eigenvalue weighted by molar-refractivity contribution is 6.90. The standard InChI is InChI=1S/C16H42O3Si4/c1-11-14-21(7,8)18-23(16-13-3,17-20(4,5)6)19-22(9,10)15-12-2/h11-16H2,1-10H3. The number of hydrogen-bond donors (Lipinski definition) is 0. The zero-order chi connectivity index (χ0) is 18.4. The third-order valence-corrected chi connectivity index (χ3v) is 18.7. The average Bonchev–Trinajstić information content (AvgIpc) is 2.23. The second-order valence-electron chi connectivity index (χ2n) is 8.87. The van der Waals surface area contributed by atoms with Gasteiger partial charge in [-0.1, -0.05) is 40.0 Å². The summed E-state index contributed by atoms with van der Waals surface area (Å²) in [5.74, 6) is 0. The molecule has 7 heteroatoms. The third kappa shape index (κ3) is 10.4. The summed E-state index contributed by atoms with van der Waals surface area (Å²) >= 11 is 0. The van der Waals surface area contributed by atoms with Gasteiger partial charge < -0.3 is 12.3 Å². The lowest BCUT2D eigenvalue weighted by molar-refractivity contribution is 0.248. The molecule has 0 unspecified atom stereocenters. The van der Waals surface area contributed by atoms with Crippen LogP contribution in [0.25, 0.3) is 0 Å². The maximum atomic E-state index is 6.87. The van der Waals surface area contributed by atoms with Crippen LogP contribution in [0.4, 0.5) is 0 Å². The first-order valence-corrected chi connectivity index (χ1v) is 21.0. The lowest BCUT2D eigenvalue weighted by Crippen LogP contribution is -2.61. The van der Waals surface area contributed by atoms with Crippen molar-refractivity contribution >= 4 is 33.8 Å². The van der Waals surface area contributed by atoms with E-state index in [1.54, 1.807) is 0 Å². The molecule has 0 rings (SSSR count). The fourth-order valence-corrected chi connectivity index (χ4v) is 20.3. The highest BCUT2D eigenvalue weighted by atomic mass is 28.5. The Balaban J connectivity index is 5.59. The summed E-state index contributed by atoms with van der Waals surface area (Å²) in [6, 6.07) is 3.33. The van der Waals surface area contributed by atoms with Gasteiger partial charge in [0, 0.05) is 6.04 Å². The molecular weight excluding hydrogens is 353 g/mol. The molecule has 0 aliphatic heterocycles. The van der Waals surface area contributed by atoms with E-state index in [4.69, 9.17) is 12.3 Å². The highest BCUT2D eigenvalue weighted by Gasteiger charge is 2.50. The van der Waals surface area contributed by atoms with Crippen molar-refractivity contribution in [2.45, 2.75) is 104 Å². The number of hydrogen-bond acceptors (Lipinski definition) is 3. The Morgan fingerprint density at radius 3 is 1.13 bits per heavy atom. The van der Waals surface area contributed by atoms with Crippen molar-refractivity contribution in [3.63, 3.8) is 0 Å². The van der Waals surface area contributed by atoms with Crippen LogP contribution in [0, 0.1) is 0 Å². The topological polar surface area (TPSA) is 27.7 Å². The monoisotopic (exact) mass is 394 g/mol. The van der Waals surface area contributed by atoms with Crippen LogP contribution in [0.3, 0.4) is 0 Å². The van der Waals surface area contributed by atoms with Crippen molar-refractivity contribution in [2.24, 2.45) is 0 Å². The van der Waals surface area contributed by atoms with Crippen molar-refractivity contribution in [3.8, 4) is 0 Å². The summed E-state index contributed by atoms with van der Waals surface area (Å²) in [4.78, 5) is 0. The summed E-state index contributed by atoms with van der Waals surface area (Å²) in [6.45, 7) is 22.8. The van der Waals surface area contributed by atoms with Gasteiger partial charge in [-0.3, -0.25) is 0 Å². The van der Waals surface area contributed by atoms with Crippen LogP contribution in [-0.2, 0) is 12.3 Å². The molecule has 0 heterocycles. The van der Waals surface area contributed by atoms with E-state index in [1.165, 1.54) is 24.9 Å². The molecule has 0 aromatic heterocycles. The van der Waals surface area contributed by atoms with E-state index in [0.29, 0.717) is 0 Å². The van der Waals surface area contributed by atoms with Crippen molar-refractivity contribution in [1.29, 1.82) is 0 Å². The Morgan fingerprint density at radius 2 is 0.870 bits per heavy atom. The van der Waals surface area contributed by atoms with Crippen molar-refractivity contribution in [2.75, 3.05) is 0 Å². The van der Waals surface area contributed by atoms with E-state index >= 15 is 0 Å². The Bertz CT molecular complexity index is 321. The zero-order valence-electron chi connectivity index (χ0n) is 17.5. The maximum Gasteiger partial charge on any atom is 0.469 e. The molecule has 3 nitrogen and oxygen atoms in total. The molecule has 23 heavy (non-hydrogen) atoms. The molecule has 0 N–H and O–H groups in total. The van der Waals surface area contributed by atoms with Crippen molar-refractivity contribution < 1.29 is 12.3 Å². The van der Waals surface area contributed by atoms with Gasteiger partial charge in [-0.2, -0.15) is 0 Å². The summed E-state index contributed by atoms with van der Waals surface area (Å²) in [5.41, 5.74) is 0. The summed E-state index contributed by atoms with van der Waals surface area (Å²) in [7, 11) is -7.79. The minimum atomic E-state index is -2.59. The predicted octanol–water partition coefficient (Wildman–Crippen LogP) is 6.45. The Hall–Kier alpha value is 0.748. The van der Waals surface area contributed by atoms with E-state index in [2.05, 4.69) is 66.6 Å². The third-order valence-electron chi connectivity index (χ3n) is 3.59. The van der Waals surface area contributed by atoms with E-state index in [1.807, 2.05) is 0 Å². The van der Waals surface area contributed by atoms with Gasteiger partial charge in [0.15, 0.2) is 25.0 Å². The molecule has 0 amide bonds.